The topological polar surface area (TPSA) is 52.7 Å². The van der Waals surface area contributed by atoms with Crippen LogP contribution in [0.5, 0.6) is 0 Å². The van der Waals surface area contributed by atoms with E-state index in [1.165, 1.54) is 12.5 Å². The van der Waals surface area contributed by atoms with Crippen molar-refractivity contribution >= 4 is 11.8 Å². The van der Waals surface area contributed by atoms with Crippen LogP contribution < -0.4 is 5.32 Å². The van der Waals surface area contributed by atoms with Crippen molar-refractivity contribution in [3.63, 3.8) is 0 Å². The van der Waals surface area contributed by atoms with Gasteiger partial charge in [-0.1, -0.05) is 60.7 Å². The van der Waals surface area contributed by atoms with Crippen LogP contribution in [-0.4, -0.2) is 47.8 Å². The minimum atomic E-state index is -0.279. The molecule has 5 heteroatoms. The lowest BCUT2D eigenvalue weighted by Crippen LogP contribution is -2.49. The maximum Gasteiger partial charge on any atom is 0.225 e. The Balaban J connectivity index is 1.54. The van der Waals surface area contributed by atoms with Crippen LogP contribution >= 0.6 is 0 Å². The van der Waals surface area contributed by atoms with Crippen LogP contribution in [0, 0.1) is 0 Å². The highest BCUT2D eigenvalue weighted by Gasteiger charge is 2.24. The predicted molar refractivity (Wildman–Crippen MR) is 106 cm³/mol. The van der Waals surface area contributed by atoms with Gasteiger partial charge in [0.25, 0.3) is 0 Å². The maximum atomic E-state index is 12.8. The molecule has 142 valence electrons. The SMILES string of the molecule is CC(=O)NC(CC(=O)N1CCN(Cc2ccccc2)CC1)c1ccccc1. The predicted octanol–water partition coefficient (Wildman–Crippen LogP) is 2.60. The van der Waals surface area contributed by atoms with Gasteiger partial charge in [0.05, 0.1) is 12.5 Å². The molecule has 1 saturated heterocycles. The van der Waals surface area contributed by atoms with Crippen molar-refractivity contribution < 1.29 is 9.59 Å². The second kappa shape index (κ2) is 9.33. The Morgan fingerprint density at radius 3 is 2.11 bits per heavy atom. The van der Waals surface area contributed by atoms with E-state index in [4.69, 9.17) is 0 Å². The molecule has 2 amide bonds. The number of carbonyl (C=O) groups excluding carboxylic acids is 2. The molecule has 2 aromatic carbocycles. The van der Waals surface area contributed by atoms with Crippen molar-refractivity contribution in [1.29, 1.82) is 0 Å². The molecule has 27 heavy (non-hydrogen) atoms. The number of hydrogen-bond acceptors (Lipinski definition) is 3. The third-order valence-electron chi connectivity index (χ3n) is 4.93. The molecule has 1 aliphatic rings. The number of benzene rings is 2. The van der Waals surface area contributed by atoms with E-state index < -0.39 is 0 Å². The Morgan fingerprint density at radius 2 is 1.52 bits per heavy atom. The summed E-state index contributed by atoms with van der Waals surface area (Å²) in [6, 6.07) is 19.8. The highest BCUT2D eigenvalue weighted by Crippen LogP contribution is 2.19. The van der Waals surface area contributed by atoms with Gasteiger partial charge < -0.3 is 10.2 Å². The van der Waals surface area contributed by atoms with Gasteiger partial charge in [0, 0.05) is 39.6 Å². The summed E-state index contributed by atoms with van der Waals surface area (Å²) in [5.41, 5.74) is 2.26. The standard InChI is InChI=1S/C22H27N3O2/c1-18(26)23-21(20-10-6-3-7-11-20)16-22(27)25-14-12-24(13-15-25)17-19-8-4-2-5-9-19/h2-11,21H,12-17H2,1H3,(H,23,26). The van der Waals surface area contributed by atoms with E-state index in [1.807, 2.05) is 41.3 Å². The van der Waals surface area contributed by atoms with E-state index in [9.17, 15) is 9.59 Å². The van der Waals surface area contributed by atoms with Crippen LogP contribution in [0.2, 0.25) is 0 Å². The van der Waals surface area contributed by atoms with Gasteiger partial charge in [0.2, 0.25) is 11.8 Å². The van der Waals surface area contributed by atoms with Gasteiger partial charge in [0.1, 0.15) is 0 Å². The molecule has 0 aromatic heterocycles. The van der Waals surface area contributed by atoms with E-state index in [2.05, 4.69) is 34.5 Å². The third kappa shape index (κ3) is 5.66. The van der Waals surface area contributed by atoms with Gasteiger partial charge in [-0.25, -0.2) is 0 Å². The average molecular weight is 365 g/mol. The zero-order chi connectivity index (χ0) is 19.1. The number of nitrogens with zero attached hydrogens (tertiary/aromatic N) is 2. The first kappa shape index (κ1) is 19.1. The Bertz CT molecular complexity index is 741. The van der Waals surface area contributed by atoms with Crippen LogP contribution in [0.4, 0.5) is 0 Å². The fraction of sp³-hybridized carbons (Fsp3) is 0.364. The van der Waals surface area contributed by atoms with Crippen molar-refractivity contribution in [3.8, 4) is 0 Å². The zero-order valence-corrected chi connectivity index (χ0v) is 15.8. The first-order valence-electron chi connectivity index (χ1n) is 9.48. The van der Waals surface area contributed by atoms with Crippen molar-refractivity contribution in [1.82, 2.24) is 15.1 Å². The summed E-state index contributed by atoms with van der Waals surface area (Å²) in [4.78, 5) is 28.6. The molecule has 1 aliphatic heterocycles. The van der Waals surface area contributed by atoms with Crippen molar-refractivity contribution in [2.75, 3.05) is 26.2 Å². The number of amides is 2. The summed E-state index contributed by atoms with van der Waals surface area (Å²) in [6.45, 7) is 5.61. The number of hydrogen-bond donors (Lipinski definition) is 1. The molecule has 1 N–H and O–H groups in total. The Kier molecular flexibility index (Phi) is 6.60. The summed E-state index contributed by atoms with van der Waals surface area (Å²) >= 11 is 0. The average Bonchev–Trinajstić information content (AvgIpc) is 2.69. The molecule has 0 saturated carbocycles. The molecular formula is C22H27N3O2. The summed E-state index contributed by atoms with van der Waals surface area (Å²) < 4.78 is 0. The van der Waals surface area contributed by atoms with E-state index in [-0.39, 0.29) is 17.9 Å². The fourth-order valence-corrected chi connectivity index (χ4v) is 3.48. The van der Waals surface area contributed by atoms with Gasteiger partial charge in [-0.3, -0.25) is 14.5 Å². The van der Waals surface area contributed by atoms with Gasteiger partial charge in [-0.05, 0) is 11.1 Å². The summed E-state index contributed by atoms with van der Waals surface area (Å²) in [6.07, 6.45) is 0.294. The first-order valence-corrected chi connectivity index (χ1v) is 9.48. The van der Waals surface area contributed by atoms with Gasteiger partial charge >= 0.3 is 0 Å². The largest absolute Gasteiger partial charge is 0.349 e. The first-order chi connectivity index (χ1) is 13.1. The van der Waals surface area contributed by atoms with E-state index in [0.717, 1.165) is 38.3 Å². The summed E-state index contributed by atoms with van der Waals surface area (Å²) in [5, 5.41) is 2.91. The molecule has 0 bridgehead atoms. The molecule has 1 unspecified atom stereocenters. The molecule has 3 rings (SSSR count). The molecule has 1 fully saturated rings. The monoisotopic (exact) mass is 365 g/mol. The number of piperazine rings is 1. The van der Waals surface area contributed by atoms with Crippen LogP contribution in [0.25, 0.3) is 0 Å². The number of rotatable bonds is 6. The second-order valence-corrected chi connectivity index (χ2v) is 7.01. The van der Waals surface area contributed by atoms with Crippen LogP contribution in [0.3, 0.4) is 0 Å². The number of nitrogens with one attached hydrogen (secondary N) is 1. The van der Waals surface area contributed by atoms with E-state index in [0.29, 0.717) is 6.42 Å². The minimum Gasteiger partial charge on any atom is -0.349 e. The van der Waals surface area contributed by atoms with Crippen molar-refractivity contribution in [2.45, 2.75) is 25.9 Å². The molecule has 1 atom stereocenters. The Labute approximate surface area is 161 Å². The quantitative estimate of drug-likeness (QED) is 0.856. The van der Waals surface area contributed by atoms with Crippen LogP contribution in [0.1, 0.15) is 30.5 Å². The minimum absolute atomic E-state index is 0.0944. The number of carbonyl (C=O) groups is 2. The van der Waals surface area contributed by atoms with Crippen molar-refractivity contribution in [3.05, 3.63) is 71.8 Å². The maximum absolute atomic E-state index is 12.8. The summed E-state index contributed by atoms with van der Waals surface area (Å²) in [5.74, 6) is -0.0266. The van der Waals surface area contributed by atoms with Crippen molar-refractivity contribution in [2.24, 2.45) is 0 Å². The fourth-order valence-electron chi connectivity index (χ4n) is 3.48. The Hall–Kier alpha value is -2.66. The second-order valence-electron chi connectivity index (χ2n) is 7.01. The van der Waals surface area contributed by atoms with E-state index in [1.54, 1.807) is 0 Å². The van der Waals surface area contributed by atoms with Crippen LogP contribution in [0.15, 0.2) is 60.7 Å². The highest BCUT2D eigenvalue weighted by molar-refractivity contribution is 5.79. The molecule has 1 heterocycles. The normalized spacial score (nSPS) is 16.0. The highest BCUT2D eigenvalue weighted by atomic mass is 16.2. The van der Waals surface area contributed by atoms with Gasteiger partial charge in [-0.15, -0.1) is 0 Å². The molecular weight excluding hydrogens is 338 g/mol. The zero-order valence-electron chi connectivity index (χ0n) is 15.8. The lowest BCUT2D eigenvalue weighted by molar-refractivity contribution is -0.133. The molecule has 5 nitrogen and oxygen atoms in total. The van der Waals surface area contributed by atoms with Crippen LogP contribution in [-0.2, 0) is 16.1 Å². The third-order valence-corrected chi connectivity index (χ3v) is 4.93. The van der Waals surface area contributed by atoms with E-state index >= 15 is 0 Å². The van der Waals surface area contributed by atoms with Gasteiger partial charge in [0.15, 0.2) is 0 Å². The molecule has 0 spiro atoms. The molecule has 0 radical (unpaired) electrons. The molecule has 2 aromatic rings. The Morgan fingerprint density at radius 1 is 0.926 bits per heavy atom. The lowest BCUT2D eigenvalue weighted by Gasteiger charge is -2.35. The smallest absolute Gasteiger partial charge is 0.225 e. The lowest BCUT2D eigenvalue weighted by atomic mass is 10.0. The molecule has 0 aliphatic carbocycles. The van der Waals surface area contributed by atoms with Gasteiger partial charge in [-0.2, -0.15) is 0 Å². The summed E-state index contributed by atoms with van der Waals surface area (Å²) in [7, 11) is 0.